The van der Waals surface area contributed by atoms with E-state index in [0.717, 1.165) is 35.7 Å². The van der Waals surface area contributed by atoms with Gasteiger partial charge in [-0.25, -0.2) is 0 Å². The van der Waals surface area contributed by atoms with Gasteiger partial charge in [0.25, 0.3) is 0 Å². The van der Waals surface area contributed by atoms with Crippen molar-refractivity contribution in [2.24, 2.45) is 0 Å². The summed E-state index contributed by atoms with van der Waals surface area (Å²) in [5, 5.41) is 13.1. The predicted octanol–water partition coefficient (Wildman–Crippen LogP) is 2.15. The van der Waals surface area contributed by atoms with Crippen LogP contribution in [0.25, 0.3) is 10.8 Å². The zero-order valence-electron chi connectivity index (χ0n) is 10.6. The molecule has 1 aromatic carbocycles. The lowest BCUT2D eigenvalue weighted by Crippen LogP contribution is -2.44. The molecule has 1 saturated heterocycles. The number of hydrogen-bond acceptors (Lipinski definition) is 3. The van der Waals surface area contributed by atoms with Crippen LogP contribution < -0.4 is 0 Å². The largest absolute Gasteiger partial charge is 0.384 e. The SMILES string of the molecule is CN1CCCC(O)(c2cncc3ccccc23)C1. The Morgan fingerprint density at radius 3 is 2.94 bits per heavy atom. The lowest BCUT2D eigenvalue weighted by molar-refractivity contribution is -0.0268. The zero-order chi connectivity index (χ0) is 12.6. The number of hydrogen-bond donors (Lipinski definition) is 1. The molecule has 3 nitrogen and oxygen atoms in total. The van der Waals surface area contributed by atoms with Crippen molar-refractivity contribution in [3.8, 4) is 0 Å². The first-order valence-corrected chi connectivity index (χ1v) is 6.43. The molecule has 0 spiro atoms. The van der Waals surface area contributed by atoms with Crippen molar-refractivity contribution in [1.82, 2.24) is 9.88 Å². The summed E-state index contributed by atoms with van der Waals surface area (Å²) >= 11 is 0. The van der Waals surface area contributed by atoms with Crippen LogP contribution in [0.5, 0.6) is 0 Å². The van der Waals surface area contributed by atoms with Crippen LogP contribution in [-0.2, 0) is 5.60 Å². The number of aliphatic hydroxyl groups is 1. The van der Waals surface area contributed by atoms with Gasteiger partial charge in [0, 0.05) is 29.9 Å². The molecular weight excluding hydrogens is 224 g/mol. The van der Waals surface area contributed by atoms with Gasteiger partial charge in [-0.05, 0) is 31.8 Å². The molecule has 1 atom stereocenters. The third kappa shape index (κ3) is 1.89. The molecule has 1 N–H and O–H groups in total. The lowest BCUT2D eigenvalue weighted by Gasteiger charge is -2.38. The second-order valence-electron chi connectivity index (χ2n) is 5.28. The molecule has 2 heterocycles. The predicted molar refractivity (Wildman–Crippen MR) is 72.4 cm³/mol. The van der Waals surface area contributed by atoms with E-state index in [1.165, 1.54) is 0 Å². The highest BCUT2D eigenvalue weighted by Crippen LogP contribution is 2.34. The molecular formula is C15H18N2O. The quantitative estimate of drug-likeness (QED) is 0.832. The highest BCUT2D eigenvalue weighted by Gasteiger charge is 2.35. The third-order valence-electron chi connectivity index (χ3n) is 3.83. The number of likely N-dealkylation sites (N-methyl/N-ethyl adjacent to an activating group) is 1. The molecule has 94 valence electrons. The zero-order valence-corrected chi connectivity index (χ0v) is 10.6. The van der Waals surface area contributed by atoms with E-state index in [1.54, 1.807) is 0 Å². The van der Waals surface area contributed by atoms with Crippen molar-refractivity contribution in [1.29, 1.82) is 0 Å². The van der Waals surface area contributed by atoms with Gasteiger partial charge >= 0.3 is 0 Å². The van der Waals surface area contributed by atoms with Gasteiger partial charge < -0.3 is 10.0 Å². The van der Waals surface area contributed by atoms with Gasteiger partial charge in [0.2, 0.25) is 0 Å². The van der Waals surface area contributed by atoms with Gasteiger partial charge in [-0.15, -0.1) is 0 Å². The number of fused-ring (bicyclic) bond motifs is 1. The fraction of sp³-hybridized carbons (Fsp3) is 0.400. The van der Waals surface area contributed by atoms with E-state index in [9.17, 15) is 5.11 Å². The Bertz CT molecular complexity index is 564. The minimum atomic E-state index is -0.763. The monoisotopic (exact) mass is 242 g/mol. The van der Waals surface area contributed by atoms with Crippen molar-refractivity contribution in [2.75, 3.05) is 20.1 Å². The van der Waals surface area contributed by atoms with Gasteiger partial charge in [-0.3, -0.25) is 4.98 Å². The van der Waals surface area contributed by atoms with Gasteiger partial charge in [-0.1, -0.05) is 24.3 Å². The van der Waals surface area contributed by atoms with Gasteiger partial charge in [0.15, 0.2) is 0 Å². The number of aromatic nitrogens is 1. The Morgan fingerprint density at radius 2 is 2.11 bits per heavy atom. The Balaban J connectivity index is 2.13. The molecule has 0 aliphatic carbocycles. The van der Waals surface area contributed by atoms with Crippen molar-refractivity contribution in [3.63, 3.8) is 0 Å². The molecule has 1 aliphatic rings. The summed E-state index contributed by atoms with van der Waals surface area (Å²) in [6, 6.07) is 8.13. The lowest BCUT2D eigenvalue weighted by atomic mass is 9.84. The van der Waals surface area contributed by atoms with Gasteiger partial charge in [0.1, 0.15) is 5.60 Å². The molecule has 0 saturated carbocycles. The van der Waals surface area contributed by atoms with Gasteiger partial charge in [-0.2, -0.15) is 0 Å². The van der Waals surface area contributed by atoms with E-state index in [2.05, 4.69) is 23.0 Å². The van der Waals surface area contributed by atoms with Crippen LogP contribution >= 0.6 is 0 Å². The number of β-amino-alcohol motifs (C(OH)–C–C–N with tert-alkyl or cyclic N) is 1. The molecule has 1 fully saturated rings. The molecule has 0 radical (unpaired) electrons. The number of piperidine rings is 1. The van der Waals surface area contributed by atoms with E-state index in [-0.39, 0.29) is 0 Å². The summed E-state index contributed by atoms with van der Waals surface area (Å²) in [7, 11) is 2.06. The molecule has 3 heteroatoms. The fourth-order valence-electron chi connectivity index (χ4n) is 2.95. The molecule has 0 bridgehead atoms. The van der Waals surface area contributed by atoms with E-state index in [0.29, 0.717) is 6.54 Å². The second-order valence-corrected chi connectivity index (χ2v) is 5.28. The number of rotatable bonds is 1. The molecule has 18 heavy (non-hydrogen) atoms. The number of nitrogens with zero attached hydrogens (tertiary/aromatic N) is 2. The molecule has 1 aromatic heterocycles. The summed E-state index contributed by atoms with van der Waals surface area (Å²) in [4.78, 5) is 6.47. The smallest absolute Gasteiger partial charge is 0.104 e. The maximum Gasteiger partial charge on any atom is 0.104 e. The van der Waals surface area contributed by atoms with Crippen LogP contribution in [0, 0.1) is 0 Å². The summed E-state index contributed by atoms with van der Waals surface area (Å²) in [6.45, 7) is 1.74. The average Bonchev–Trinajstić information content (AvgIpc) is 2.38. The van der Waals surface area contributed by atoms with Crippen LogP contribution in [0.4, 0.5) is 0 Å². The minimum Gasteiger partial charge on any atom is -0.384 e. The number of likely N-dealkylation sites (tertiary alicyclic amines) is 1. The minimum absolute atomic E-state index is 0.683. The Morgan fingerprint density at radius 1 is 1.28 bits per heavy atom. The highest BCUT2D eigenvalue weighted by molar-refractivity contribution is 5.85. The standard InChI is InChI=1S/C15H18N2O/c1-17-8-4-7-15(18,11-17)14-10-16-9-12-5-2-3-6-13(12)14/h2-3,5-6,9-10,18H,4,7-8,11H2,1H3. The van der Waals surface area contributed by atoms with Crippen LogP contribution in [0.2, 0.25) is 0 Å². The van der Waals surface area contributed by atoms with E-state index < -0.39 is 5.60 Å². The van der Waals surface area contributed by atoms with E-state index >= 15 is 0 Å². The maximum absolute atomic E-state index is 10.9. The Kier molecular flexibility index (Phi) is 2.80. The van der Waals surface area contributed by atoms with Crippen molar-refractivity contribution >= 4 is 10.8 Å². The summed E-state index contributed by atoms with van der Waals surface area (Å²) in [5.74, 6) is 0. The van der Waals surface area contributed by atoms with Crippen LogP contribution in [0.15, 0.2) is 36.7 Å². The molecule has 1 unspecified atom stereocenters. The molecule has 3 rings (SSSR count). The first-order valence-electron chi connectivity index (χ1n) is 6.43. The number of benzene rings is 1. The van der Waals surface area contributed by atoms with E-state index in [4.69, 9.17) is 0 Å². The fourth-order valence-corrected chi connectivity index (χ4v) is 2.95. The molecule has 2 aromatic rings. The van der Waals surface area contributed by atoms with Crippen molar-refractivity contribution in [3.05, 3.63) is 42.2 Å². The summed E-state index contributed by atoms with van der Waals surface area (Å²) in [6.07, 6.45) is 5.51. The topological polar surface area (TPSA) is 36.4 Å². The Hall–Kier alpha value is -1.45. The van der Waals surface area contributed by atoms with Crippen molar-refractivity contribution < 1.29 is 5.11 Å². The Labute approximate surface area is 107 Å². The van der Waals surface area contributed by atoms with Crippen LogP contribution in [-0.4, -0.2) is 35.1 Å². The number of pyridine rings is 1. The van der Waals surface area contributed by atoms with Crippen LogP contribution in [0.3, 0.4) is 0 Å². The highest BCUT2D eigenvalue weighted by atomic mass is 16.3. The second kappa shape index (κ2) is 4.34. The first-order chi connectivity index (χ1) is 8.69. The van der Waals surface area contributed by atoms with Crippen molar-refractivity contribution in [2.45, 2.75) is 18.4 Å². The molecule has 0 amide bonds. The maximum atomic E-state index is 10.9. The summed E-state index contributed by atoms with van der Waals surface area (Å²) < 4.78 is 0. The first kappa shape index (κ1) is 11.6. The van der Waals surface area contributed by atoms with Crippen LogP contribution in [0.1, 0.15) is 18.4 Å². The summed E-state index contributed by atoms with van der Waals surface area (Å²) in [5.41, 5.74) is 0.202. The van der Waals surface area contributed by atoms with E-state index in [1.807, 2.05) is 30.6 Å². The normalized spacial score (nSPS) is 25.4. The molecule has 1 aliphatic heterocycles. The third-order valence-corrected chi connectivity index (χ3v) is 3.83. The van der Waals surface area contributed by atoms with Gasteiger partial charge in [0.05, 0.1) is 0 Å². The average molecular weight is 242 g/mol.